The number of halogens is 1. The maximum Gasteiger partial charge on any atom is 0.303 e. The van der Waals surface area contributed by atoms with Crippen LogP contribution in [0.3, 0.4) is 0 Å². The van der Waals surface area contributed by atoms with Crippen molar-refractivity contribution < 1.29 is 9.90 Å². The minimum Gasteiger partial charge on any atom is -0.481 e. The third kappa shape index (κ3) is 3.26. The monoisotopic (exact) mass is 280 g/mol. The highest BCUT2D eigenvalue weighted by molar-refractivity contribution is 6.31. The van der Waals surface area contributed by atoms with Crippen LogP contribution in [0.2, 0.25) is 5.02 Å². The van der Waals surface area contributed by atoms with Gasteiger partial charge in [0.25, 0.3) is 5.56 Å². The number of H-pyrrole nitrogens is 1. The lowest BCUT2D eigenvalue weighted by Gasteiger charge is -2.03. The molecule has 1 heterocycles. The molecule has 0 amide bonds. The summed E-state index contributed by atoms with van der Waals surface area (Å²) in [4.78, 5) is 22.5. The Morgan fingerprint density at radius 1 is 1.32 bits per heavy atom. The van der Waals surface area contributed by atoms with Gasteiger partial charge < -0.3 is 10.2 Å². The van der Waals surface area contributed by atoms with E-state index in [0.717, 1.165) is 5.56 Å². The predicted molar refractivity (Wildman–Crippen MR) is 71.6 cm³/mol. The number of aromatic amines is 1. The third-order valence-electron chi connectivity index (χ3n) is 2.81. The molecule has 19 heavy (non-hydrogen) atoms. The minimum absolute atomic E-state index is 0.0564. The smallest absolute Gasteiger partial charge is 0.303 e. The number of carboxylic acids is 1. The molecule has 0 aliphatic heterocycles. The standard InChI is InChI=1S/C13H13ClN2O3/c14-11-4-2-1-3-10(11)8-16-13(19)9(7-15-16)5-6-12(17)18/h1-4,7,15H,5-6,8H2,(H,17,18). The number of nitrogens with one attached hydrogen (secondary N) is 1. The Hall–Kier alpha value is -2.01. The van der Waals surface area contributed by atoms with Crippen molar-refractivity contribution in [3.8, 4) is 0 Å². The van der Waals surface area contributed by atoms with Gasteiger partial charge in [0.05, 0.1) is 6.54 Å². The van der Waals surface area contributed by atoms with Gasteiger partial charge in [0, 0.05) is 23.2 Å². The molecule has 0 aliphatic carbocycles. The number of benzene rings is 1. The highest BCUT2D eigenvalue weighted by Crippen LogP contribution is 2.15. The van der Waals surface area contributed by atoms with Crippen molar-refractivity contribution in [2.24, 2.45) is 0 Å². The van der Waals surface area contributed by atoms with Gasteiger partial charge in [-0.25, -0.2) is 4.68 Å². The lowest BCUT2D eigenvalue weighted by molar-refractivity contribution is -0.136. The first-order valence-corrected chi connectivity index (χ1v) is 6.18. The van der Waals surface area contributed by atoms with Gasteiger partial charge >= 0.3 is 5.97 Å². The number of aliphatic carboxylic acids is 1. The Morgan fingerprint density at radius 3 is 2.74 bits per heavy atom. The fourth-order valence-corrected chi connectivity index (χ4v) is 1.98. The third-order valence-corrected chi connectivity index (χ3v) is 3.18. The molecule has 0 bridgehead atoms. The Bertz CT molecular complexity index is 645. The highest BCUT2D eigenvalue weighted by Gasteiger charge is 2.09. The average Bonchev–Trinajstić information content (AvgIpc) is 2.71. The van der Waals surface area contributed by atoms with E-state index >= 15 is 0 Å². The topological polar surface area (TPSA) is 75.1 Å². The number of nitrogens with zero attached hydrogens (tertiary/aromatic N) is 1. The highest BCUT2D eigenvalue weighted by atomic mass is 35.5. The molecular weight excluding hydrogens is 268 g/mol. The van der Waals surface area contributed by atoms with Crippen molar-refractivity contribution in [1.82, 2.24) is 9.78 Å². The Labute approximate surface area is 114 Å². The van der Waals surface area contributed by atoms with Crippen molar-refractivity contribution in [1.29, 1.82) is 0 Å². The summed E-state index contributed by atoms with van der Waals surface area (Å²) in [6, 6.07) is 7.27. The van der Waals surface area contributed by atoms with E-state index in [1.807, 2.05) is 18.2 Å². The molecule has 5 nitrogen and oxygen atoms in total. The van der Waals surface area contributed by atoms with E-state index < -0.39 is 5.97 Å². The van der Waals surface area contributed by atoms with Crippen molar-refractivity contribution >= 4 is 17.6 Å². The normalized spacial score (nSPS) is 10.6. The summed E-state index contributed by atoms with van der Waals surface area (Å²) in [5, 5.41) is 12.0. The van der Waals surface area contributed by atoms with Crippen LogP contribution in [0.15, 0.2) is 35.3 Å². The average molecular weight is 281 g/mol. The number of hydrogen-bond acceptors (Lipinski definition) is 2. The summed E-state index contributed by atoms with van der Waals surface area (Å²) in [7, 11) is 0. The fraction of sp³-hybridized carbons (Fsp3) is 0.231. The molecule has 100 valence electrons. The molecule has 0 saturated heterocycles. The van der Waals surface area contributed by atoms with Gasteiger partial charge in [0.2, 0.25) is 0 Å². The zero-order chi connectivity index (χ0) is 13.8. The zero-order valence-corrected chi connectivity index (χ0v) is 10.9. The number of carboxylic acid groups (broad SMARTS) is 1. The summed E-state index contributed by atoms with van der Waals surface area (Å²) in [6.07, 6.45) is 1.71. The Kier molecular flexibility index (Phi) is 4.06. The second kappa shape index (κ2) is 5.75. The van der Waals surface area contributed by atoms with Gasteiger partial charge in [0.15, 0.2) is 0 Å². The molecular formula is C13H13ClN2O3. The van der Waals surface area contributed by atoms with Gasteiger partial charge in [-0.2, -0.15) is 0 Å². The molecule has 0 fully saturated rings. The molecule has 0 saturated carbocycles. The largest absolute Gasteiger partial charge is 0.481 e. The number of hydrogen-bond donors (Lipinski definition) is 2. The number of aryl methyl sites for hydroxylation is 1. The Balaban J connectivity index is 2.17. The lowest BCUT2D eigenvalue weighted by Crippen LogP contribution is -2.20. The molecule has 0 aliphatic rings. The van der Waals surface area contributed by atoms with Crippen LogP contribution >= 0.6 is 11.6 Å². The SMILES string of the molecule is O=C(O)CCc1c[nH]n(Cc2ccccc2Cl)c1=O. The molecule has 2 N–H and O–H groups in total. The lowest BCUT2D eigenvalue weighted by atomic mass is 10.2. The van der Waals surface area contributed by atoms with Crippen molar-refractivity contribution in [3.05, 3.63) is 57.0 Å². The van der Waals surface area contributed by atoms with Crippen LogP contribution in [0.25, 0.3) is 0 Å². The summed E-state index contributed by atoms with van der Waals surface area (Å²) in [5.41, 5.74) is 1.09. The molecule has 1 aromatic heterocycles. The van der Waals surface area contributed by atoms with E-state index in [2.05, 4.69) is 5.10 Å². The predicted octanol–water partition coefficient (Wildman–Crippen LogP) is 1.90. The fourth-order valence-electron chi connectivity index (χ4n) is 1.78. The van der Waals surface area contributed by atoms with E-state index in [9.17, 15) is 9.59 Å². The molecule has 0 spiro atoms. The van der Waals surface area contributed by atoms with Crippen LogP contribution < -0.4 is 5.56 Å². The van der Waals surface area contributed by atoms with E-state index in [-0.39, 0.29) is 18.4 Å². The molecule has 1 aromatic carbocycles. The van der Waals surface area contributed by atoms with Crippen LogP contribution in [-0.2, 0) is 17.8 Å². The Morgan fingerprint density at radius 2 is 2.05 bits per heavy atom. The maximum absolute atomic E-state index is 12.0. The molecule has 2 aromatic rings. The summed E-state index contributed by atoms with van der Waals surface area (Å²) in [6.45, 7) is 0.339. The van der Waals surface area contributed by atoms with Crippen LogP contribution in [0.1, 0.15) is 17.5 Å². The van der Waals surface area contributed by atoms with Crippen LogP contribution in [-0.4, -0.2) is 20.9 Å². The van der Waals surface area contributed by atoms with Gasteiger partial charge in [-0.3, -0.25) is 9.59 Å². The number of rotatable bonds is 5. The van der Waals surface area contributed by atoms with Gasteiger partial charge in [-0.1, -0.05) is 29.8 Å². The quantitative estimate of drug-likeness (QED) is 0.878. The first-order chi connectivity index (χ1) is 9.08. The molecule has 0 unspecified atom stereocenters. The van der Waals surface area contributed by atoms with Gasteiger partial charge in [0.1, 0.15) is 0 Å². The number of carbonyl (C=O) groups is 1. The van der Waals surface area contributed by atoms with E-state index in [1.165, 1.54) is 4.68 Å². The van der Waals surface area contributed by atoms with Gasteiger partial charge in [-0.15, -0.1) is 0 Å². The maximum atomic E-state index is 12.0. The molecule has 6 heteroatoms. The van der Waals surface area contributed by atoms with Crippen molar-refractivity contribution in [2.45, 2.75) is 19.4 Å². The minimum atomic E-state index is -0.918. The first-order valence-electron chi connectivity index (χ1n) is 5.80. The second-order valence-electron chi connectivity index (χ2n) is 4.18. The van der Waals surface area contributed by atoms with E-state index in [4.69, 9.17) is 16.7 Å². The van der Waals surface area contributed by atoms with Crippen LogP contribution in [0.4, 0.5) is 0 Å². The van der Waals surface area contributed by atoms with E-state index in [1.54, 1.807) is 12.3 Å². The second-order valence-corrected chi connectivity index (χ2v) is 4.58. The summed E-state index contributed by atoms with van der Waals surface area (Å²) >= 11 is 6.03. The first kappa shape index (κ1) is 13.4. The zero-order valence-electron chi connectivity index (χ0n) is 10.1. The summed E-state index contributed by atoms with van der Waals surface area (Å²) in [5.74, 6) is -0.918. The van der Waals surface area contributed by atoms with Crippen LogP contribution in [0, 0.1) is 0 Å². The van der Waals surface area contributed by atoms with Crippen LogP contribution in [0.5, 0.6) is 0 Å². The van der Waals surface area contributed by atoms with Crippen molar-refractivity contribution in [3.63, 3.8) is 0 Å². The van der Waals surface area contributed by atoms with E-state index in [0.29, 0.717) is 17.1 Å². The number of aromatic nitrogens is 2. The molecule has 2 rings (SSSR count). The molecule has 0 radical (unpaired) electrons. The van der Waals surface area contributed by atoms with Crippen molar-refractivity contribution in [2.75, 3.05) is 0 Å². The van der Waals surface area contributed by atoms with Gasteiger partial charge in [-0.05, 0) is 18.1 Å². The summed E-state index contributed by atoms with van der Waals surface area (Å²) < 4.78 is 1.42. The molecule has 0 atom stereocenters.